The summed E-state index contributed by atoms with van der Waals surface area (Å²) in [5.74, 6) is 1.40. The molecule has 1 N–H and O–H groups in total. The van der Waals surface area contributed by atoms with E-state index in [9.17, 15) is 9.90 Å². The molecular weight excluding hydrogens is 218 g/mol. The number of amides is 1. The summed E-state index contributed by atoms with van der Waals surface area (Å²) in [4.78, 5) is 13.7. The molecule has 2 aliphatic heterocycles. The summed E-state index contributed by atoms with van der Waals surface area (Å²) in [5, 5.41) is 10.1. The maximum Gasteiger partial charge on any atom is 0.223 e. The Morgan fingerprint density at radius 2 is 2.24 bits per heavy atom. The van der Waals surface area contributed by atoms with Crippen LogP contribution in [0.2, 0.25) is 0 Å². The van der Waals surface area contributed by atoms with Gasteiger partial charge in [0.05, 0.1) is 12.7 Å². The molecule has 2 fully saturated rings. The van der Waals surface area contributed by atoms with E-state index in [0.29, 0.717) is 31.4 Å². The van der Waals surface area contributed by atoms with Crippen molar-refractivity contribution in [3.05, 3.63) is 0 Å². The zero-order chi connectivity index (χ0) is 12.4. The largest absolute Gasteiger partial charge is 0.391 e. The molecule has 2 rings (SSSR count). The van der Waals surface area contributed by atoms with E-state index in [-0.39, 0.29) is 11.8 Å². The minimum Gasteiger partial charge on any atom is -0.391 e. The minimum atomic E-state index is -0.424. The molecule has 1 amide bonds. The molecule has 98 valence electrons. The molecule has 0 spiro atoms. The quantitative estimate of drug-likeness (QED) is 0.795. The first-order valence-electron chi connectivity index (χ1n) is 6.61. The number of nitrogens with zero attached hydrogens (tertiary/aromatic N) is 1. The third-order valence-corrected chi connectivity index (χ3v) is 4.10. The fourth-order valence-corrected chi connectivity index (χ4v) is 2.66. The molecule has 3 atom stereocenters. The molecule has 0 radical (unpaired) electrons. The number of carbonyl (C=O) groups is 1. The van der Waals surface area contributed by atoms with Crippen molar-refractivity contribution in [1.29, 1.82) is 0 Å². The van der Waals surface area contributed by atoms with Gasteiger partial charge in [0.2, 0.25) is 5.91 Å². The second kappa shape index (κ2) is 5.36. The molecule has 0 saturated carbocycles. The second-order valence-corrected chi connectivity index (χ2v) is 5.70. The SMILES string of the molecule is CC(C)C1CC(=O)N(CC(O)C2CCOC2)C1. The van der Waals surface area contributed by atoms with Crippen molar-refractivity contribution in [3.8, 4) is 0 Å². The van der Waals surface area contributed by atoms with Crippen LogP contribution in [0.5, 0.6) is 0 Å². The van der Waals surface area contributed by atoms with Crippen LogP contribution in [-0.2, 0) is 9.53 Å². The van der Waals surface area contributed by atoms with Gasteiger partial charge in [0.25, 0.3) is 0 Å². The zero-order valence-electron chi connectivity index (χ0n) is 10.8. The van der Waals surface area contributed by atoms with Gasteiger partial charge in [-0.15, -0.1) is 0 Å². The molecule has 0 aromatic carbocycles. The standard InChI is InChI=1S/C13H23NO3/c1-9(2)11-5-13(16)14(6-11)7-12(15)10-3-4-17-8-10/h9-12,15H,3-8H2,1-2H3. The van der Waals surface area contributed by atoms with Crippen LogP contribution in [0.1, 0.15) is 26.7 Å². The van der Waals surface area contributed by atoms with Gasteiger partial charge in [-0.2, -0.15) is 0 Å². The predicted octanol–water partition coefficient (Wildman–Crippen LogP) is 0.888. The summed E-state index contributed by atoms with van der Waals surface area (Å²) in [5.41, 5.74) is 0. The lowest BCUT2D eigenvalue weighted by Crippen LogP contribution is -2.38. The highest BCUT2D eigenvalue weighted by molar-refractivity contribution is 5.78. The van der Waals surface area contributed by atoms with Crippen molar-refractivity contribution >= 4 is 5.91 Å². The third kappa shape index (κ3) is 2.99. The topological polar surface area (TPSA) is 49.8 Å². The zero-order valence-corrected chi connectivity index (χ0v) is 10.8. The van der Waals surface area contributed by atoms with Crippen LogP contribution < -0.4 is 0 Å². The van der Waals surface area contributed by atoms with Gasteiger partial charge in [-0.1, -0.05) is 13.8 Å². The van der Waals surface area contributed by atoms with Crippen LogP contribution in [0.15, 0.2) is 0 Å². The van der Waals surface area contributed by atoms with Crippen LogP contribution in [-0.4, -0.2) is 48.3 Å². The maximum atomic E-state index is 11.8. The molecule has 0 bridgehead atoms. The number of likely N-dealkylation sites (tertiary alicyclic amines) is 1. The third-order valence-electron chi connectivity index (χ3n) is 4.10. The maximum absolute atomic E-state index is 11.8. The summed E-state index contributed by atoms with van der Waals surface area (Å²) in [6.45, 7) is 6.98. The molecule has 0 aromatic rings. The van der Waals surface area contributed by atoms with Crippen LogP contribution in [0.25, 0.3) is 0 Å². The van der Waals surface area contributed by atoms with Gasteiger partial charge in [0, 0.05) is 32.0 Å². The average Bonchev–Trinajstić information content (AvgIpc) is 2.88. The van der Waals surface area contributed by atoms with Gasteiger partial charge in [-0.3, -0.25) is 4.79 Å². The average molecular weight is 241 g/mol. The highest BCUT2D eigenvalue weighted by atomic mass is 16.5. The molecule has 4 heteroatoms. The summed E-state index contributed by atoms with van der Waals surface area (Å²) < 4.78 is 5.27. The Morgan fingerprint density at radius 1 is 1.47 bits per heavy atom. The Kier molecular flexibility index (Phi) is 4.05. The molecule has 17 heavy (non-hydrogen) atoms. The van der Waals surface area contributed by atoms with Crippen molar-refractivity contribution in [2.45, 2.75) is 32.8 Å². The van der Waals surface area contributed by atoms with Crippen LogP contribution in [0.4, 0.5) is 0 Å². The number of hydrogen-bond donors (Lipinski definition) is 1. The van der Waals surface area contributed by atoms with Crippen LogP contribution in [0, 0.1) is 17.8 Å². The first kappa shape index (κ1) is 12.8. The number of aliphatic hydroxyl groups excluding tert-OH is 1. The van der Waals surface area contributed by atoms with E-state index in [2.05, 4.69) is 13.8 Å². The number of aliphatic hydroxyl groups is 1. The summed E-state index contributed by atoms with van der Waals surface area (Å²) in [6.07, 6.45) is 1.13. The predicted molar refractivity (Wildman–Crippen MR) is 64.5 cm³/mol. The van der Waals surface area contributed by atoms with E-state index in [1.165, 1.54) is 0 Å². The second-order valence-electron chi connectivity index (χ2n) is 5.70. The molecule has 2 heterocycles. The lowest BCUT2D eigenvalue weighted by molar-refractivity contribution is -0.129. The summed E-state index contributed by atoms with van der Waals surface area (Å²) in [7, 11) is 0. The minimum absolute atomic E-state index is 0.196. The molecule has 3 unspecified atom stereocenters. The van der Waals surface area contributed by atoms with Gasteiger partial charge < -0.3 is 14.7 Å². The smallest absolute Gasteiger partial charge is 0.223 e. The van der Waals surface area contributed by atoms with Crippen molar-refractivity contribution < 1.29 is 14.6 Å². The Labute approximate surface area is 103 Å². The number of carbonyl (C=O) groups excluding carboxylic acids is 1. The number of rotatable bonds is 4. The van der Waals surface area contributed by atoms with Crippen LogP contribution in [0.3, 0.4) is 0 Å². The number of β-amino-alcohol motifs (C(OH)–C–C–N with tert-alkyl or cyclic N) is 1. The van der Waals surface area contributed by atoms with E-state index in [0.717, 1.165) is 19.6 Å². The van der Waals surface area contributed by atoms with E-state index in [1.54, 1.807) is 0 Å². The van der Waals surface area contributed by atoms with E-state index >= 15 is 0 Å². The highest BCUT2D eigenvalue weighted by Gasteiger charge is 2.34. The van der Waals surface area contributed by atoms with E-state index in [1.807, 2.05) is 4.90 Å². The van der Waals surface area contributed by atoms with Crippen molar-refractivity contribution in [2.24, 2.45) is 17.8 Å². The van der Waals surface area contributed by atoms with Gasteiger partial charge in [0.15, 0.2) is 0 Å². The van der Waals surface area contributed by atoms with E-state index in [4.69, 9.17) is 4.74 Å². The first-order valence-corrected chi connectivity index (χ1v) is 6.61. The molecule has 2 saturated heterocycles. The molecule has 0 aliphatic carbocycles. The fourth-order valence-electron chi connectivity index (χ4n) is 2.66. The van der Waals surface area contributed by atoms with Crippen molar-refractivity contribution in [1.82, 2.24) is 4.90 Å². The van der Waals surface area contributed by atoms with Crippen molar-refractivity contribution in [2.75, 3.05) is 26.3 Å². The van der Waals surface area contributed by atoms with Gasteiger partial charge in [-0.05, 0) is 18.3 Å². The van der Waals surface area contributed by atoms with Crippen molar-refractivity contribution in [3.63, 3.8) is 0 Å². The molecule has 0 aromatic heterocycles. The lowest BCUT2D eigenvalue weighted by Gasteiger charge is -2.24. The first-order chi connectivity index (χ1) is 8.08. The Hall–Kier alpha value is -0.610. The Morgan fingerprint density at radius 3 is 2.76 bits per heavy atom. The Bertz CT molecular complexity index is 274. The normalized spacial score (nSPS) is 31.5. The van der Waals surface area contributed by atoms with Crippen LogP contribution >= 0.6 is 0 Å². The fraction of sp³-hybridized carbons (Fsp3) is 0.923. The van der Waals surface area contributed by atoms with Gasteiger partial charge in [0.1, 0.15) is 0 Å². The Balaban J connectivity index is 1.84. The summed E-state index contributed by atoms with van der Waals surface area (Å²) in [6, 6.07) is 0. The molecular formula is C13H23NO3. The number of hydrogen-bond acceptors (Lipinski definition) is 3. The monoisotopic (exact) mass is 241 g/mol. The van der Waals surface area contributed by atoms with E-state index < -0.39 is 6.10 Å². The summed E-state index contributed by atoms with van der Waals surface area (Å²) >= 11 is 0. The highest BCUT2D eigenvalue weighted by Crippen LogP contribution is 2.26. The lowest BCUT2D eigenvalue weighted by atomic mass is 9.95. The van der Waals surface area contributed by atoms with Gasteiger partial charge in [-0.25, -0.2) is 0 Å². The number of ether oxygens (including phenoxy) is 1. The molecule has 4 nitrogen and oxygen atoms in total. The molecule has 2 aliphatic rings. The van der Waals surface area contributed by atoms with Gasteiger partial charge >= 0.3 is 0 Å².